The Labute approximate surface area is 155 Å². The number of carbonyl (C=O) groups is 2. The third-order valence-corrected chi connectivity index (χ3v) is 4.19. The van der Waals surface area contributed by atoms with Crippen molar-refractivity contribution in [3.8, 4) is 0 Å². The molecule has 0 aromatic heterocycles. The van der Waals surface area contributed by atoms with Crippen LogP contribution in [0.5, 0.6) is 0 Å². The molecule has 2 aromatic carbocycles. The van der Waals surface area contributed by atoms with Crippen molar-refractivity contribution in [2.45, 2.75) is 13.8 Å². The van der Waals surface area contributed by atoms with Gasteiger partial charge in [-0.3, -0.25) is 20.4 Å². The molecule has 0 fully saturated rings. The number of amides is 2. The first-order chi connectivity index (χ1) is 12.0. The van der Waals surface area contributed by atoms with Gasteiger partial charge in [-0.1, -0.05) is 51.8 Å². The van der Waals surface area contributed by atoms with Crippen LogP contribution in [0.25, 0.3) is 6.08 Å². The van der Waals surface area contributed by atoms with Crippen LogP contribution in [0.4, 0.5) is 5.69 Å². The molecule has 0 bridgehead atoms. The predicted octanol–water partition coefficient (Wildman–Crippen LogP) is 3.34. The molecule has 2 aromatic rings. The zero-order valence-corrected chi connectivity index (χ0v) is 15.7. The second-order valence-corrected chi connectivity index (χ2v) is 6.42. The minimum Gasteiger partial charge on any atom is -0.376 e. The Balaban J connectivity index is 1.77. The van der Waals surface area contributed by atoms with E-state index in [0.29, 0.717) is 0 Å². The van der Waals surface area contributed by atoms with Crippen molar-refractivity contribution in [3.05, 3.63) is 69.7 Å². The summed E-state index contributed by atoms with van der Waals surface area (Å²) in [5.74, 6) is -0.738. The van der Waals surface area contributed by atoms with Gasteiger partial charge in [-0.25, -0.2) is 0 Å². The Hall–Kier alpha value is -2.60. The summed E-state index contributed by atoms with van der Waals surface area (Å²) in [6.45, 7) is 4.06. The quantitative estimate of drug-likeness (QED) is 0.531. The number of rotatable bonds is 5. The largest absolute Gasteiger partial charge is 0.376 e. The molecule has 0 aliphatic rings. The molecule has 0 atom stereocenters. The maximum Gasteiger partial charge on any atom is 0.262 e. The lowest BCUT2D eigenvalue weighted by atomic mass is 10.1. The standard InChI is InChI=1S/C19H20BrN3O2/c1-13-7-9-17(14(2)11-13)21-12-19(25)23-22-18(24)10-8-15-5-3-4-6-16(15)20/h3-11,21H,12H2,1-2H3,(H,22,24)(H,23,25)/b10-8+. The van der Waals surface area contributed by atoms with Crippen LogP contribution in [0.3, 0.4) is 0 Å². The minimum absolute atomic E-state index is 0.0676. The fourth-order valence-electron chi connectivity index (χ4n) is 2.18. The van der Waals surface area contributed by atoms with Crippen molar-refractivity contribution in [1.82, 2.24) is 10.9 Å². The number of hydrazine groups is 1. The maximum atomic E-state index is 11.8. The molecule has 0 saturated heterocycles. The van der Waals surface area contributed by atoms with E-state index in [0.717, 1.165) is 26.9 Å². The summed E-state index contributed by atoms with van der Waals surface area (Å²) in [6.07, 6.45) is 3.03. The van der Waals surface area contributed by atoms with Gasteiger partial charge in [0.1, 0.15) is 0 Å². The molecule has 0 unspecified atom stereocenters. The highest BCUT2D eigenvalue weighted by molar-refractivity contribution is 9.10. The van der Waals surface area contributed by atoms with Crippen LogP contribution in [0.15, 0.2) is 53.0 Å². The molecule has 3 N–H and O–H groups in total. The molecular formula is C19H20BrN3O2. The molecule has 0 heterocycles. The van der Waals surface area contributed by atoms with Crippen LogP contribution in [-0.2, 0) is 9.59 Å². The van der Waals surface area contributed by atoms with Gasteiger partial charge in [0.15, 0.2) is 0 Å². The van der Waals surface area contributed by atoms with Crippen molar-refractivity contribution >= 4 is 39.5 Å². The summed E-state index contributed by atoms with van der Waals surface area (Å²) in [5, 5.41) is 3.04. The molecule has 5 nitrogen and oxygen atoms in total. The SMILES string of the molecule is Cc1ccc(NCC(=O)NNC(=O)/C=C/c2ccccc2Br)c(C)c1. The topological polar surface area (TPSA) is 70.2 Å². The van der Waals surface area contributed by atoms with Gasteiger partial charge in [-0.05, 0) is 43.2 Å². The molecule has 130 valence electrons. The first-order valence-electron chi connectivity index (χ1n) is 7.78. The Bertz CT molecular complexity index is 803. The molecule has 0 spiro atoms. The smallest absolute Gasteiger partial charge is 0.262 e. The monoisotopic (exact) mass is 401 g/mol. The fraction of sp³-hybridized carbons (Fsp3) is 0.158. The zero-order valence-electron chi connectivity index (χ0n) is 14.1. The van der Waals surface area contributed by atoms with E-state index in [9.17, 15) is 9.59 Å². The summed E-state index contributed by atoms with van der Waals surface area (Å²) in [7, 11) is 0. The Morgan fingerprint density at radius 3 is 2.56 bits per heavy atom. The van der Waals surface area contributed by atoms with Gasteiger partial charge in [-0.15, -0.1) is 0 Å². The third kappa shape index (κ3) is 6.08. The first kappa shape index (κ1) is 18.7. The lowest BCUT2D eigenvalue weighted by molar-refractivity contribution is -0.125. The summed E-state index contributed by atoms with van der Waals surface area (Å²) in [4.78, 5) is 23.6. The van der Waals surface area contributed by atoms with E-state index in [1.54, 1.807) is 6.08 Å². The molecule has 25 heavy (non-hydrogen) atoms. The fourth-order valence-corrected chi connectivity index (χ4v) is 2.60. The van der Waals surface area contributed by atoms with Gasteiger partial charge in [0.25, 0.3) is 11.8 Å². The highest BCUT2D eigenvalue weighted by Crippen LogP contribution is 2.17. The van der Waals surface area contributed by atoms with Crippen LogP contribution in [0.2, 0.25) is 0 Å². The Kier molecular flexibility index (Phi) is 6.77. The molecule has 6 heteroatoms. The number of anilines is 1. The van der Waals surface area contributed by atoms with Crippen LogP contribution >= 0.6 is 15.9 Å². The van der Waals surface area contributed by atoms with Crippen LogP contribution in [0, 0.1) is 13.8 Å². The second-order valence-electron chi connectivity index (χ2n) is 5.56. The Morgan fingerprint density at radius 2 is 1.84 bits per heavy atom. The van der Waals surface area contributed by atoms with Crippen molar-refractivity contribution in [1.29, 1.82) is 0 Å². The molecule has 0 aliphatic heterocycles. The van der Waals surface area contributed by atoms with Crippen LogP contribution in [-0.4, -0.2) is 18.4 Å². The molecule has 0 radical (unpaired) electrons. The second kappa shape index (κ2) is 9.03. The van der Waals surface area contributed by atoms with Crippen molar-refractivity contribution in [2.24, 2.45) is 0 Å². The molecule has 2 rings (SSSR count). The van der Waals surface area contributed by atoms with Gasteiger partial charge in [-0.2, -0.15) is 0 Å². The average molecular weight is 402 g/mol. The number of halogens is 1. The third-order valence-electron chi connectivity index (χ3n) is 3.47. The lowest BCUT2D eigenvalue weighted by Crippen LogP contribution is -2.43. The van der Waals surface area contributed by atoms with Gasteiger partial charge in [0.05, 0.1) is 6.54 Å². The van der Waals surface area contributed by atoms with E-state index in [2.05, 4.69) is 32.1 Å². The summed E-state index contributed by atoms with van der Waals surface area (Å²) in [5.41, 5.74) is 8.71. The summed E-state index contributed by atoms with van der Waals surface area (Å²) in [6, 6.07) is 13.5. The van der Waals surface area contributed by atoms with Gasteiger partial charge in [0, 0.05) is 16.2 Å². The minimum atomic E-state index is -0.407. The highest BCUT2D eigenvalue weighted by Gasteiger charge is 2.04. The normalized spacial score (nSPS) is 10.5. The lowest BCUT2D eigenvalue weighted by Gasteiger charge is -2.10. The van der Waals surface area contributed by atoms with Gasteiger partial charge in [0.2, 0.25) is 0 Å². The van der Waals surface area contributed by atoms with E-state index in [1.807, 2.05) is 56.3 Å². The molecule has 2 amide bonds. The predicted molar refractivity (Wildman–Crippen MR) is 104 cm³/mol. The van der Waals surface area contributed by atoms with Crippen molar-refractivity contribution in [3.63, 3.8) is 0 Å². The van der Waals surface area contributed by atoms with E-state index in [-0.39, 0.29) is 12.5 Å². The summed E-state index contributed by atoms with van der Waals surface area (Å²) >= 11 is 3.40. The van der Waals surface area contributed by atoms with Gasteiger partial charge < -0.3 is 5.32 Å². The first-order valence-corrected chi connectivity index (χ1v) is 8.57. The van der Waals surface area contributed by atoms with Crippen molar-refractivity contribution < 1.29 is 9.59 Å². The Morgan fingerprint density at radius 1 is 1.08 bits per heavy atom. The number of hydrogen-bond donors (Lipinski definition) is 3. The number of carbonyl (C=O) groups excluding carboxylic acids is 2. The number of benzene rings is 2. The molecule has 0 aliphatic carbocycles. The van der Waals surface area contributed by atoms with Crippen LogP contribution in [0.1, 0.15) is 16.7 Å². The molecular weight excluding hydrogens is 382 g/mol. The average Bonchev–Trinajstić information content (AvgIpc) is 2.58. The molecule has 0 saturated carbocycles. The number of nitrogens with one attached hydrogen (secondary N) is 3. The van der Waals surface area contributed by atoms with Crippen LogP contribution < -0.4 is 16.2 Å². The summed E-state index contributed by atoms with van der Waals surface area (Å²) < 4.78 is 0.890. The zero-order chi connectivity index (χ0) is 18.2. The van der Waals surface area contributed by atoms with Crippen molar-refractivity contribution in [2.75, 3.05) is 11.9 Å². The van der Waals surface area contributed by atoms with E-state index in [1.165, 1.54) is 6.08 Å². The number of hydrogen-bond acceptors (Lipinski definition) is 3. The number of aryl methyl sites for hydroxylation is 2. The maximum absolute atomic E-state index is 11.8. The highest BCUT2D eigenvalue weighted by atomic mass is 79.9. The van der Waals surface area contributed by atoms with Gasteiger partial charge >= 0.3 is 0 Å². The van der Waals surface area contributed by atoms with E-state index in [4.69, 9.17) is 0 Å². The van der Waals surface area contributed by atoms with E-state index < -0.39 is 5.91 Å². The van der Waals surface area contributed by atoms with E-state index >= 15 is 0 Å².